The van der Waals surface area contributed by atoms with Crippen molar-refractivity contribution in [2.24, 2.45) is 22.6 Å². The lowest BCUT2D eigenvalue weighted by Crippen LogP contribution is -2.50. The van der Waals surface area contributed by atoms with E-state index in [0.29, 0.717) is 41.6 Å². The third kappa shape index (κ3) is 4.62. The van der Waals surface area contributed by atoms with Crippen LogP contribution < -0.4 is 15.8 Å². The number of carbonyl (C=O) groups is 2. The van der Waals surface area contributed by atoms with Crippen molar-refractivity contribution in [3.63, 3.8) is 0 Å². The molecule has 1 aromatic carbocycles. The van der Waals surface area contributed by atoms with Crippen LogP contribution in [-0.4, -0.2) is 40.4 Å². The third-order valence-corrected chi connectivity index (χ3v) is 6.56. The van der Waals surface area contributed by atoms with E-state index in [1.54, 1.807) is 12.1 Å². The Morgan fingerprint density at radius 1 is 1.32 bits per heavy atom. The second-order valence-electron chi connectivity index (χ2n) is 10.00. The maximum absolute atomic E-state index is 13.0. The minimum atomic E-state index is -0.483. The Labute approximate surface area is 192 Å². The van der Waals surface area contributed by atoms with Crippen molar-refractivity contribution >= 4 is 41.0 Å². The van der Waals surface area contributed by atoms with Crippen LogP contribution in [0.2, 0.25) is 10.0 Å². The highest BCUT2D eigenvalue weighted by Gasteiger charge is 2.47. The van der Waals surface area contributed by atoms with Gasteiger partial charge in [0.25, 0.3) is 0 Å². The van der Waals surface area contributed by atoms with Crippen LogP contribution in [0.25, 0.3) is 0 Å². The number of nitrogens with zero attached hydrogens (tertiary/aromatic N) is 2. The van der Waals surface area contributed by atoms with Crippen LogP contribution in [0.5, 0.6) is 5.75 Å². The zero-order chi connectivity index (χ0) is 22.7. The van der Waals surface area contributed by atoms with E-state index in [1.165, 1.54) is 4.90 Å². The zero-order valence-corrected chi connectivity index (χ0v) is 19.7. The summed E-state index contributed by atoms with van der Waals surface area (Å²) in [5, 5.41) is 4.08. The minimum Gasteiger partial charge on any atom is -0.486 e. The van der Waals surface area contributed by atoms with Crippen molar-refractivity contribution in [1.82, 2.24) is 10.2 Å². The normalized spacial score (nSPS) is 28.3. The molecule has 4 rings (SSSR count). The number of nitrogens with two attached hydrogens (primary N) is 1. The van der Waals surface area contributed by atoms with Crippen molar-refractivity contribution in [3.8, 4) is 5.75 Å². The maximum Gasteiger partial charge on any atom is 0.231 e. The molecule has 3 atom stereocenters. The summed E-state index contributed by atoms with van der Waals surface area (Å²) in [6, 6.07) is 3.17. The highest BCUT2D eigenvalue weighted by atomic mass is 35.5. The zero-order valence-electron chi connectivity index (χ0n) is 18.2. The van der Waals surface area contributed by atoms with Gasteiger partial charge in [-0.05, 0) is 52.2 Å². The molecule has 168 valence electrons. The van der Waals surface area contributed by atoms with Crippen LogP contribution in [0.1, 0.15) is 58.6 Å². The van der Waals surface area contributed by atoms with Crippen molar-refractivity contribution in [3.05, 3.63) is 27.7 Å². The molecule has 0 saturated heterocycles. The predicted molar refractivity (Wildman–Crippen MR) is 120 cm³/mol. The average Bonchev–Trinajstić information content (AvgIpc) is 3.37. The number of hydrogen-bond acceptors (Lipinski definition) is 5. The molecule has 7 nitrogen and oxygen atoms in total. The van der Waals surface area contributed by atoms with Gasteiger partial charge in [0.15, 0.2) is 5.96 Å². The first kappa shape index (κ1) is 22.2. The molecule has 2 aliphatic heterocycles. The molecule has 2 amide bonds. The molecule has 31 heavy (non-hydrogen) atoms. The summed E-state index contributed by atoms with van der Waals surface area (Å²) in [7, 11) is 0. The van der Waals surface area contributed by atoms with Gasteiger partial charge >= 0.3 is 0 Å². The third-order valence-electron chi connectivity index (χ3n) is 6.06. The largest absolute Gasteiger partial charge is 0.486 e. The molecule has 3 N–H and O–H groups in total. The van der Waals surface area contributed by atoms with Gasteiger partial charge in [0.2, 0.25) is 11.8 Å². The molecule has 2 unspecified atom stereocenters. The van der Waals surface area contributed by atoms with Gasteiger partial charge in [-0.2, -0.15) is 0 Å². The van der Waals surface area contributed by atoms with E-state index in [4.69, 9.17) is 33.7 Å². The summed E-state index contributed by atoms with van der Waals surface area (Å²) in [5.41, 5.74) is 5.84. The van der Waals surface area contributed by atoms with E-state index in [-0.39, 0.29) is 35.7 Å². The van der Waals surface area contributed by atoms with Crippen LogP contribution in [0.3, 0.4) is 0 Å². The average molecular weight is 467 g/mol. The van der Waals surface area contributed by atoms with Gasteiger partial charge in [0.1, 0.15) is 11.4 Å². The second kappa shape index (κ2) is 7.55. The van der Waals surface area contributed by atoms with E-state index in [9.17, 15) is 9.59 Å². The number of rotatable bonds is 4. The number of halogens is 2. The number of hydrogen-bond donors (Lipinski definition) is 2. The summed E-state index contributed by atoms with van der Waals surface area (Å²) in [5.74, 6) is 0.596. The van der Waals surface area contributed by atoms with Crippen LogP contribution in [0.4, 0.5) is 0 Å². The van der Waals surface area contributed by atoms with Gasteiger partial charge < -0.3 is 15.8 Å². The van der Waals surface area contributed by atoms with E-state index in [2.05, 4.69) is 10.3 Å². The van der Waals surface area contributed by atoms with Crippen LogP contribution in [-0.2, 0) is 9.59 Å². The van der Waals surface area contributed by atoms with Gasteiger partial charge in [-0.25, -0.2) is 4.99 Å². The van der Waals surface area contributed by atoms with Gasteiger partial charge in [0, 0.05) is 29.5 Å². The van der Waals surface area contributed by atoms with Crippen molar-refractivity contribution in [1.29, 1.82) is 0 Å². The number of ether oxygens (including phenoxy) is 1. The van der Waals surface area contributed by atoms with Gasteiger partial charge in [-0.1, -0.05) is 23.2 Å². The number of carbonyl (C=O) groups excluding carboxylic acids is 2. The molecule has 3 aliphatic rings. The maximum atomic E-state index is 13.0. The van der Waals surface area contributed by atoms with Gasteiger partial charge in [-0.3, -0.25) is 14.5 Å². The summed E-state index contributed by atoms with van der Waals surface area (Å²) < 4.78 is 6.04. The molecule has 1 aromatic rings. The SMILES string of the molecule is CC1(C)CC(=O)N(CC2C[C@H]2C(=O)NC2CC(C)(C)Oc3c(Cl)cc(Cl)cc32)C(N)=N1. The van der Waals surface area contributed by atoms with Crippen LogP contribution in [0, 0.1) is 11.8 Å². The highest BCUT2D eigenvalue weighted by Crippen LogP contribution is 2.46. The fraction of sp³-hybridized carbons (Fsp3) is 0.591. The number of aliphatic imine (C=N–C) groups is 1. The lowest BCUT2D eigenvalue weighted by atomic mass is 9.89. The van der Waals surface area contributed by atoms with E-state index in [1.807, 2.05) is 27.7 Å². The molecule has 0 radical (unpaired) electrons. The molecule has 1 aliphatic carbocycles. The monoisotopic (exact) mass is 466 g/mol. The Morgan fingerprint density at radius 3 is 2.71 bits per heavy atom. The topological polar surface area (TPSA) is 97.0 Å². The molecular weight excluding hydrogens is 439 g/mol. The van der Waals surface area contributed by atoms with Gasteiger partial charge in [-0.15, -0.1) is 0 Å². The summed E-state index contributed by atoms with van der Waals surface area (Å²) in [4.78, 5) is 31.4. The number of benzene rings is 1. The molecule has 0 bridgehead atoms. The first-order valence-electron chi connectivity index (χ1n) is 10.5. The Morgan fingerprint density at radius 2 is 2.03 bits per heavy atom. The van der Waals surface area contributed by atoms with Crippen LogP contribution in [0.15, 0.2) is 17.1 Å². The van der Waals surface area contributed by atoms with Crippen molar-refractivity contribution in [2.75, 3.05) is 6.54 Å². The van der Waals surface area contributed by atoms with Gasteiger partial charge in [0.05, 0.1) is 23.0 Å². The number of guanidine groups is 1. The Bertz CT molecular complexity index is 976. The fourth-order valence-corrected chi connectivity index (χ4v) is 5.03. The number of amides is 2. The molecule has 0 spiro atoms. The lowest BCUT2D eigenvalue weighted by Gasteiger charge is -2.38. The van der Waals surface area contributed by atoms with Crippen LogP contribution >= 0.6 is 23.2 Å². The standard InChI is InChI=1S/C22H28Cl2N4O3/c1-21(2)9-17(29)28(20(25)27-21)10-11-5-13(11)19(30)26-16-8-22(3,4)31-18-14(16)6-12(23)7-15(18)24/h6-7,11,13,16H,5,8-10H2,1-4H3,(H2,25,27)(H,26,30)/t11?,13-,16?/m1/s1. The smallest absolute Gasteiger partial charge is 0.231 e. The minimum absolute atomic E-state index is 0.0463. The number of nitrogens with one attached hydrogen (secondary N) is 1. The van der Waals surface area contributed by atoms with E-state index >= 15 is 0 Å². The van der Waals surface area contributed by atoms with Crippen molar-refractivity contribution in [2.45, 2.75) is 64.1 Å². The summed E-state index contributed by atoms with van der Waals surface area (Å²) in [6.45, 7) is 8.11. The second-order valence-corrected chi connectivity index (χ2v) is 10.8. The molecule has 2 heterocycles. The first-order chi connectivity index (χ1) is 14.3. The quantitative estimate of drug-likeness (QED) is 0.706. The Hall–Kier alpha value is -1.99. The van der Waals surface area contributed by atoms with E-state index < -0.39 is 11.1 Å². The first-order valence-corrected chi connectivity index (χ1v) is 11.2. The molecule has 9 heteroatoms. The molecular formula is C22H28Cl2N4O3. The molecule has 1 saturated carbocycles. The summed E-state index contributed by atoms with van der Waals surface area (Å²) in [6.07, 6.45) is 1.62. The number of fused-ring (bicyclic) bond motifs is 1. The highest BCUT2D eigenvalue weighted by molar-refractivity contribution is 6.35. The lowest BCUT2D eigenvalue weighted by molar-refractivity contribution is -0.130. The predicted octanol–water partition coefficient (Wildman–Crippen LogP) is 3.67. The fourth-order valence-electron chi connectivity index (χ4n) is 4.48. The van der Waals surface area contributed by atoms with E-state index in [0.717, 1.165) is 5.56 Å². The Kier molecular flexibility index (Phi) is 5.41. The molecule has 0 aromatic heterocycles. The van der Waals surface area contributed by atoms with Crippen molar-refractivity contribution < 1.29 is 14.3 Å². The Balaban J connectivity index is 1.44. The summed E-state index contributed by atoms with van der Waals surface area (Å²) >= 11 is 12.5. The molecule has 1 fully saturated rings.